The van der Waals surface area contributed by atoms with Gasteiger partial charge in [0.1, 0.15) is 6.04 Å². The molecule has 0 spiro atoms. The van der Waals surface area contributed by atoms with Gasteiger partial charge < -0.3 is 10.2 Å². The zero-order valence-electron chi connectivity index (χ0n) is 20.3. The minimum Gasteiger partial charge on any atom is -0.354 e. The maximum atomic E-state index is 13.6. The first kappa shape index (κ1) is 26.8. The molecule has 0 saturated carbocycles. The third-order valence-corrected chi connectivity index (χ3v) is 6.96. The molecule has 1 N–H and O–H groups in total. The molecule has 0 aliphatic carbocycles. The van der Waals surface area contributed by atoms with E-state index < -0.39 is 6.04 Å². The van der Waals surface area contributed by atoms with Gasteiger partial charge in [-0.25, -0.2) is 0 Å². The Morgan fingerprint density at radius 3 is 2.20 bits per heavy atom. The number of hydrogen-bond acceptors (Lipinski definition) is 3. The summed E-state index contributed by atoms with van der Waals surface area (Å²) in [5.41, 5.74) is 1.83. The number of carbonyl (C=O) groups is 2. The Morgan fingerprint density at radius 1 is 0.914 bits per heavy atom. The van der Waals surface area contributed by atoms with Crippen LogP contribution in [-0.4, -0.2) is 35.1 Å². The van der Waals surface area contributed by atoms with Crippen LogP contribution in [0.15, 0.2) is 89.8 Å². The van der Waals surface area contributed by atoms with Crippen LogP contribution in [0.1, 0.15) is 31.4 Å². The van der Waals surface area contributed by atoms with Crippen LogP contribution in [0.3, 0.4) is 0 Å². The number of hydrogen-bond donors (Lipinski definition) is 1. The van der Waals surface area contributed by atoms with Crippen molar-refractivity contribution in [2.45, 2.75) is 44.2 Å². The number of nitrogens with zero attached hydrogens (tertiary/aromatic N) is 1. The minimum atomic E-state index is -0.637. The Balaban J connectivity index is 1.85. The molecule has 3 rings (SSSR count). The minimum absolute atomic E-state index is 0.0611. The lowest BCUT2D eigenvalue weighted by Gasteiger charge is -2.32. The van der Waals surface area contributed by atoms with Gasteiger partial charge in [-0.05, 0) is 35.2 Å². The summed E-state index contributed by atoms with van der Waals surface area (Å²) in [5, 5.41) is 3.64. The van der Waals surface area contributed by atoms with Crippen molar-refractivity contribution in [1.29, 1.82) is 0 Å². The summed E-state index contributed by atoms with van der Waals surface area (Å²) < 4.78 is 0. The van der Waals surface area contributed by atoms with Gasteiger partial charge in [0.15, 0.2) is 0 Å². The summed E-state index contributed by atoms with van der Waals surface area (Å²) in [6.45, 7) is 4.95. The van der Waals surface area contributed by atoms with Gasteiger partial charge in [0.25, 0.3) is 0 Å². The Hall–Kier alpha value is -2.76. The number of halogens is 1. The maximum absolute atomic E-state index is 13.6. The summed E-state index contributed by atoms with van der Waals surface area (Å²) >= 11 is 8.10. The van der Waals surface area contributed by atoms with E-state index in [1.165, 1.54) is 0 Å². The van der Waals surface area contributed by atoms with Crippen molar-refractivity contribution < 1.29 is 9.59 Å². The molecule has 2 amide bonds. The molecule has 3 aromatic carbocycles. The Labute approximate surface area is 218 Å². The second-order valence-electron chi connectivity index (χ2n) is 8.87. The van der Waals surface area contributed by atoms with Crippen LogP contribution in [0.2, 0.25) is 5.02 Å². The molecule has 0 aromatic heterocycles. The topological polar surface area (TPSA) is 49.4 Å². The lowest BCUT2D eigenvalue weighted by atomic mass is 10.0. The predicted molar refractivity (Wildman–Crippen MR) is 146 cm³/mol. The molecule has 0 fully saturated rings. The average molecular weight is 509 g/mol. The lowest BCUT2D eigenvalue weighted by Crippen LogP contribution is -2.51. The fraction of sp³-hybridized carbons (Fsp3) is 0.310. The van der Waals surface area contributed by atoms with Crippen LogP contribution in [0, 0.1) is 5.92 Å². The normalized spacial score (nSPS) is 11.8. The van der Waals surface area contributed by atoms with Gasteiger partial charge in [0.2, 0.25) is 11.8 Å². The van der Waals surface area contributed by atoms with Gasteiger partial charge in [-0.15, -0.1) is 11.8 Å². The van der Waals surface area contributed by atoms with E-state index in [-0.39, 0.29) is 18.4 Å². The van der Waals surface area contributed by atoms with E-state index in [0.717, 1.165) is 16.0 Å². The highest BCUT2D eigenvalue weighted by Crippen LogP contribution is 2.23. The second kappa shape index (κ2) is 14.0. The van der Waals surface area contributed by atoms with Crippen LogP contribution in [0.25, 0.3) is 0 Å². The smallest absolute Gasteiger partial charge is 0.243 e. The van der Waals surface area contributed by atoms with E-state index in [2.05, 4.69) is 19.2 Å². The van der Waals surface area contributed by atoms with Gasteiger partial charge in [-0.2, -0.15) is 0 Å². The van der Waals surface area contributed by atoms with E-state index in [1.807, 2.05) is 84.9 Å². The highest BCUT2D eigenvalue weighted by molar-refractivity contribution is 7.99. The lowest BCUT2D eigenvalue weighted by molar-refractivity contribution is -0.141. The summed E-state index contributed by atoms with van der Waals surface area (Å²) in [7, 11) is 0. The summed E-state index contributed by atoms with van der Waals surface area (Å²) in [4.78, 5) is 29.9. The summed E-state index contributed by atoms with van der Waals surface area (Å²) in [6, 6.07) is 26.7. The van der Waals surface area contributed by atoms with Crippen LogP contribution in [-0.2, 0) is 22.6 Å². The molecule has 0 radical (unpaired) electrons. The highest BCUT2D eigenvalue weighted by atomic mass is 35.5. The van der Waals surface area contributed by atoms with Crippen LogP contribution in [0.5, 0.6) is 0 Å². The zero-order valence-corrected chi connectivity index (χ0v) is 21.9. The summed E-state index contributed by atoms with van der Waals surface area (Å²) in [6.07, 6.45) is 0.763. The third-order valence-electron chi connectivity index (χ3n) is 5.58. The fourth-order valence-corrected chi connectivity index (χ4v) is 4.76. The number of amides is 2. The fourth-order valence-electron chi connectivity index (χ4n) is 3.70. The molecule has 6 heteroatoms. The Kier molecular flexibility index (Phi) is 10.7. The van der Waals surface area contributed by atoms with Crippen molar-refractivity contribution in [2.75, 3.05) is 12.3 Å². The van der Waals surface area contributed by atoms with Crippen molar-refractivity contribution in [1.82, 2.24) is 10.2 Å². The quantitative estimate of drug-likeness (QED) is 0.295. The number of thioether (sulfide) groups is 1. The van der Waals surface area contributed by atoms with Gasteiger partial charge in [-0.3, -0.25) is 9.59 Å². The van der Waals surface area contributed by atoms with Gasteiger partial charge >= 0.3 is 0 Å². The first-order valence-corrected chi connectivity index (χ1v) is 13.3. The molecule has 0 heterocycles. The van der Waals surface area contributed by atoms with E-state index >= 15 is 0 Å². The predicted octanol–water partition coefficient (Wildman–Crippen LogP) is 6.23. The molecule has 0 saturated heterocycles. The Morgan fingerprint density at radius 2 is 1.54 bits per heavy atom. The molecule has 4 nitrogen and oxygen atoms in total. The van der Waals surface area contributed by atoms with Crippen molar-refractivity contribution in [3.8, 4) is 0 Å². The van der Waals surface area contributed by atoms with Crippen LogP contribution < -0.4 is 5.32 Å². The molecule has 184 valence electrons. The van der Waals surface area contributed by atoms with E-state index in [0.29, 0.717) is 36.1 Å². The number of carbonyl (C=O) groups excluding carboxylic acids is 2. The van der Waals surface area contributed by atoms with Gasteiger partial charge in [-0.1, -0.05) is 92.2 Å². The highest BCUT2D eigenvalue weighted by Gasteiger charge is 2.30. The molecular weight excluding hydrogens is 476 g/mol. The average Bonchev–Trinajstić information content (AvgIpc) is 2.87. The number of rotatable bonds is 12. The third kappa shape index (κ3) is 8.75. The molecule has 0 aliphatic rings. The molecule has 1 unspecified atom stereocenters. The monoisotopic (exact) mass is 508 g/mol. The molecule has 1 atom stereocenters. The van der Waals surface area contributed by atoms with Crippen molar-refractivity contribution in [2.24, 2.45) is 5.92 Å². The molecule has 35 heavy (non-hydrogen) atoms. The first-order chi connectivity index (χ1) is 16.9. The largest absolute Gasteiger partial charge is 0.354 e. The van der Waals surface area contributed by atoms with E-state index in [4.69, 9.17) is 11.6 Å². The molecule has 0 aliphatic heterocycles. The second-order valence-corrected chi connectivity index (χ2v) is 10.4. The number of nitrogens with one attached hydrogen (secondary N) is 1. The van der Waals surface area contributed by atoms with Crippen molar-refractivity contribution in [3.05, 3.63) is 101 Å². The zero-order chi connectivity index (χ0) is 25.0. The van der Waals surface area contributed by atoms with Crippen molar-refractivity contribution in [3.63, 3.8) is 0 Å². The maximum Gasteiger partial charge on any atom is 0.243 e. The standard InChI is InChI=1S/C29H33ClN2O2S/c1-22(2)20-31-29(34)27(19-23-11-5-3-6-12-23)32(21-24-13-9-10-16-26(24)30)28(33)17-18-35-25-14-7-4-8-15-25/h3-16,22,27H,17-21H2,1-2H3,(H,31,34). The van der Waals surface area contributed by atoms with Gasteiger partial charge in [0.05, 0.1) is 0 Å². The number of benzene rings is 3. The molecule has 0 bridgehead atoms. The van der Waals surface area contributed by atoms with Crippen LogP contribution in [0.4, 0.5) is 0 Å². The molecular formula is C29H33ClN2O2S. The van der Waals surface area contributed by atoms with E-state index in [1.54, 1.807) is 16.7 Å². The first-order valence-electron chi connectivity index (χ1n) is 12.0. The Bertz CT molecular complexity index is 1080. The van der Waals surface area contributed by atoms with Crippen LogP contribution >= 0.6 is 23.4 Å². The SMILES string of the molecule is CC(C)CNC(=O)C(Cc1ccccc1)N(Cc1ccccc1Cl)C(=O)CCSc1ccccc1. The van der Waals surface area contributed by atoms with Crippen molar-refractivity contribution >= 4 is 35.2 Å². The van der Waals surface area contributed by atoms with Gasteiger partial charge in [0, 0.05) is 41.6 Å². The molecule has 3 aromatic rings. The van der Waals surface area contributed by atoms with E-state index in [9.17, 15) is 9.59 Å². The summed E-state index contributed by atoms with van der Waals surface area (Å²) in [5.74, 6) is 0.743.